The van der Waals surface area contributed by atoms with Crippen molar-refractivity contribution in [2.75, 3.05) is 11.5 Å². The molecule has 25 heavy (non-hydrogen) atoms. The van der Waals surface area contributed by atoms with Crippen molar-refractivity contribution in [1.82, 2.24) is 0 Å². The summed E-state index contributed by atoms with van der Waals surface area (Å²) in [6.07, 6.45) is 4.21. The van der Waals surface area contributed by atoms with Crippen molar-refractivity contribution in [2.45, 2.75) is 49.4 Å². The van der Waals surface area contributed by atoms with E-state index in [-0.39, 0.29) is 9.70 Å². The van der Waals surface area contributed by atoms with E-state index >= 15 is 0 Å². The van der Waals surface area contributed by atoms with Crippen LogP contribution in [0, 0.1) is 0 Å². The molecule has 1 fully saturated rings. The van der Waals surface area contributed by atoms with Gasteiger partial charge in [0.2, 0.25) is 8.32 Å². The zero-order valence-electron chi connectivity index (χ0n) is 15.0. The highest BCUT2D eigenvalue weighted by atomic mass is 32.2. The monoisotopic (exact) mass is 392 g/mol. The Hall–Kier alpha value is -0.853. The third kappa shape index (κ3) is 3.53. The van der Waals surface area contributed by atoms with Gasteiger partial charge in [0.05, 0.1) is 4.08 Å². The highest BCUT2D eigenvalue weighted by Gasteiger charge is 2.39. The summed E-state index contributed by atoms with van der Waals surface area (Å²) in [5.41, 5.74) is 2.61. The van der Waals surface area contributed by atoms with Gasteiger partial charge in [0.15, 0.2) is 0 Å². The van der Waals surface area contributed by atoms with Crippen LogP contribution in [-0.2, 0) is 12.8 Å². The van der Waals surface area contributed by atoms with Crippen LogP contribution < -0.4 is 10.1 Å². The number of fused-ring (bicyclic) bond motifs is 3. The lowest BCUT2D eigenvalue weighted by molar-refractivity contribution is 0.523. The Morgan fingerprint density at radius 1 is 1.16 bits per heavy atom. The van der Waals surface area contributed by atoms with E-state index in [9.17, 15) is 4.79 Å². The molecule has 0 amide bonds. The second kappa shape index (κ2) is 6.39. The Kier molecular flexibility index (Phi) is 4.49. The maximum absolute atomic E-state index is 12.7. The van der Waals surface area contributed by atoms with Crippen LogP contribution in [0.5, 0.6) is 5.75 Å². The molecule has 1 aromatic carbocycles. The molecular weight excluding hydrogens is 368 g/mol. The lowest BCUT2D eigenvalue weighted by atomic mass is 9.90. The van der Waals surface area contributed by atoms with Crippen molar-refractivity contribution in [1.29, 1.82) is 0 Å². The van der Waals surface area contributed by atoms with Gasteiger partial charge in [-0.05, 0) is 68.1 Å². The normalized spacial score (nSPS) is 19.8. The van der Waals surface area contributed by atoms with E-state index in [0.717, 1.165) is 36.0 Å². The summed E-state index contributed by atoms with van der Waals surface area (Å²) < 4.78 is 12.0. The number of benzene rings is 1. The van der Waals surface area contributed by atoms with E-state index in [1.54, 1.807) is 0 Å². The summed E-state index contributed by atoms with van der Waals surface area (Å²) in [5, 5.41) is 1.08. The molecule has 0 radical (unpaired) electrons. The van der Waals surface area contributed by atoms with Crippen molar-refractivity contribution < 1.29 is 8.84 Å². The molecule has 1 aliphatic carbocycles. The van der Waals surface area contributed by atoms with Crippen molar-refractivity contribution in [3.63, 3.8) is 0 Å². The molecule has 2 heterocycles. The van der Waals surface area contributed by atoms with Crippen LogP contribution in [0.4, 0.5) is 0 Å². The van der Waals surface area contributed by atoms with Crippen LogP contribution >= 0.6 is 23.5 Å². The van der Waals surface area contributed by atoms with Gasteiger partial charge in [-0.1, -0.05) is 0 Å². The molecule has 1 aliphatic heterocycles. The summed E-state index contributed by atoms with van der Waals surface area (Å²) in [7, 11) is -1.68. The van der Waals surface area contributed by atoms with E-state index < -0.39 is 8.32 Å². The van der Waals surface area contributed by atoms with E-state index in [4.69, 9.17) is 8.84 Å². The number of thioether (sulfide) groups is 2. The average molecular weight is 393 g/mol. The van der Waals surface area contributed by atoms with Gasteiger partial charge in [0, 0.05) is 23.4 Å². The van der Waals surface area contributed by atoms with Crippen molar-refractivity contribution in [3.8, 4) is 5.75 Å². The third-order valence-electron chi connectivity index (χ3n) is 4.74. The minimum absolute atomic E-state index is 0.154. The smallest absolute Gasteiger partial charge is 0.339 e. The Bertz CT molecular complexity index is 863. The van der Waals surface area contributed by atoms with Crippen LogP contribution in [0.3, 0.4) is 0 Å². The van der Waals surface area contributed by atoms with Gasteiger partial charge in [0.25, 0.3) is 0 Å². The summed E-state index contributed by atoms with van der Waals surface area (Å²) in [4.78, 5) is 12.7. The maximum Gasteiger partial charge on any atom is 0.339 e. The fourth-order valence-corrected chi connectivity index (χ4v) is 7.86. The number of rotatable bonds is 2. The molecule has 1 aromatic heterocycles. The number of aryl methyl sites for hydroxylation is 1. The van der Waals surface area contributed by atoms with Crippen LogP contribution in [-0.4, -0.2) is 23.9 Å². The van der Waals surface area contributed by atoms with E-state index in [0.29, 0.717) is 5.58 Å². The fraction of sp³-hybridized carbons (Fsp3) is 0.526. The second-order valence-electron chi connectivity index (χ2n) is 7.86. The summed E-state index contributed by atoms with van der Waals surface area (Å²) in [5.74, 6) is 3.22. The van der Waals surface area contributed by atoms with Crippen LogP contribution in [0.15, 0.2) is 27.4 Å². The zero-order chi connectivity index (χ0) is 17.7. The van der Waals surface area contributed by atoms with Gasteiger partial charge in [-0.3, -0.25) is 0 Å². The Balaban J connectivity index is 1.75. The van der Waals surface area contributed by atoms with Crippen LogP contribution in [0.2, 0.25) is 19.6 Å². The molecule has 1 spiro atoms. The molecule has 2 aromatic rings. The molecule has 0 atom stereocenters. The average Bonchev–Trinajstić information content (AvgIpc) is 2.54. The van der Waals surface area contributed by atoms with Gasteiger partial charge in [0.1, 0.15) is 11.3 Å². The van der Waals surface area contributed by atoms with Crippen molar-refractivity contribution in [3.05, 3.63) is 39.7 Å². The van der Waals surface area contributed by atoms with Gasteiger partial charge in [-0.25, -0.2) is 4.79 Å². The summed E-state index contributed by atoms with van der Waals surface area (Å²) in [6, 6.07) is 5.99. The van der Waals surface area contributed by atoms with Crippen molar-refractivity contribution in [2.24, 2.45) is 0 Å². The third-order valence-corrected chi connectivity index (χ3v) is 9.03. The molecule has 6 heteroatoms. The topological polar surface area (TPSA) is 39.4 Å². The van der Waals surface area contributed by atoms with Crippen LogP contribution in [0.1, 0.15) is 24.0 Å². The maximum atomic E-state index is 12.7. The molecule has 1 saturated heterocycles. The predicted octanol–water partition coefficient (Wildman–Crippen LogP) is 5.06. The lowest BCUT2D eigenvalue weighted by Crippen LogP contribution is -2.35. The molecule has 0 N–H and O–H groups in total. The minimum Gasteiger partial charge on any atom is -0.544 e. The first-order valence-electron chi connectivity index (χ1n) is 8.91. The molecule has 0 saturated carbocycles. The first-order valence-corrected chi connectivity index (χ1v) is 14.3. The zero-order valence-corrected chi connectivity index (χ0v) is 17.6. The highest BCUT2D eigenvalue weighted by molar-refractivity contribution is 8.18. The number of hydrogen-bond donors (Lipinski definition) is 0. The van der Waals surface area contributed by atoms with E-state index in [2.05, 4.69) is 25.7 Å². The Morgan fingerprint density at radius 3 is 2.64 bits per heavy atom. The molecule has 0 unspecified atom stereocenters. The van der Waals surface area contributed by atoms with Gasteiger partial charge < -0.3 is 8.84 Å². The molecule has 2 aliphatic rings. The first-order chi connectivity index (χ1) is 11.9. The Morgan fingerprint density at radius 2 is 1.92 bits per heavy atom. The molecule has 0 bridgehead atoms. The summed E-state index contributed by atoms with van der Waals surface area (Å²) >= 11 is 4.08. The SMILES string of the molecule is C[Si](C)(C)Oc1ccc2c3c(c(=O)oc2c1)CC1(CC3)SCCCS1. The Labute approximate surface area is 158 Å². The van der Waals surface area contributed by atoms with Gasteiger partial charge in [-0.15, -0.1) is 23.5 Å². The highest BCUT2D eigenvalue weighted by Crippen LogP contribution is 2.50. The summed E-state index contributed by atoms with van der Waals surface area (Å²) in [6.45, 7) is 6.46. The van der Waals surface area contributed by atoms with Gasteiger partial charge in [-0.2, -0.15) is 0 Å². The fourth-order valence-electron chi connectivity index (χ4n) is 3.70. The molecule has 134 valence electrons. The first kappa shape index (κ1) is 17.6. The largest absolute Gasteiger partial charge is 0.544 e. The standard InChI is InChI=1S/C19H24O3S2Si/c1-25(2,3)22-13-5-6-15-14-7-8-19(23-9-4-10-24-19)12-16(14)18(20)21-17(15)11-13/h5-6,11H,4,7-10,12H2,1-3H3. The van der Waals surface area contributed by atoms with Crippen LogP contribution in [0.25, 0.3) is 11.0 Å². The molecule has 4 rings (SSSR count). The van der Waals surface area contributed by atoms with Crippen molar-refractivity contribution >= 4 is 42.8 Å². The number of hydrogen-bond acceptors (Lipinski definition) is 5. The molecule has 3 nitrogen and oxygen atoms in total. The van der Waals surface area contributed by atoms with E-state index in [1.807, 2.05) is 35.7 Å². The molecular formula is C19H24O3S2Si. The minimum atomic E-state index is -1.68. The quantitative estimate of drug-likeness (QED) is 0.527. The second-order valence-corrected chi connectivity index (χ2v) is 15.5. The lowest BCUT2D eigenvalue weighted by Gasteiger charge is -2.39. The predicted molar refractivity (Wildman–Crippen MR) is 111 cm³/mol. The van der Waals surface area contributed by atoms with Gasteiger partial charge >= 0.3 is 5.63 Å². The van der Waals surface area contributed by atoms with E-state index in [1.165, 1.54) is 23.5 Å².